The van der Waals surface area contributed by atoms with Gasteiger partial charge in [0.15, 0.2) is 11.0 Å². The monoisotopic (exact) mass is 431 g/mol. The van der Waals surface area contributed by atoms with Crippen LogP contribution in [0, 0.1) is 0 Å². The fourth-order valence-electron chi connectivity index (χ4n) is 3.69. The lowest BCUT2D eigenvalue weighted by atomic mass is 10.2. The van der Waals surface area contributed by atoms with Crippen molar-refractivity contribution in [2.24, 2.45) is 0 Å². The molecule has 30 heavy (non-hydrogen) atoms. The van der Waals surface area contributed by atoms with Crippen LogP contribution in [0.3, 0.4) is 0 Å². The molecular formula is C22H33N5O2S. The Hall–Kier alpha value is -1.90. The SMILES string of the molecule is CCC(C)n1c(SCC(=O)NCC(C)N2CCOCC2C)nnc1-c1ccccc1. The molecule has 0 saturated carbocycles. The molecule has 0 spiro atoms. The highest BCUT2D eigenvalue weighted by atomic mass is 32.2. The number of hydrogen-bond donors (Lipinski definition) is 1. The van der Waals surface area contributed by atoms with Crippen molar-refractivity contribution < 1.29 is 9.53 Å². The van der Waals surface area contributed by atoms with Gasteiger partial charge in [0.2, 0.25) is 5.91 Å². The number of amides is 1. The molecule has 8 heteroatoms. The highest BCUT2D eigenvalue weighted by Crippen LogP contribution is 2.28. The second kappa shape index (κ2) is 10.9. The van der Waals surface area contributed by atoms with Gasteiger partial charge in [0.25, 0.3) is 0 Å². The lowest BCUT2D eigenvalue weighted by Gasteiger charge is -2.37. The number of rotatable bonds is 9. The molecule has 3 unspecified atom stereocenters. The molecule has 2 aromatic rings. The lowest BCUT2D eigenvalue weighted by Crippen LogP contribution is -2.52. The lowest BCUT2D eigenvalue weighted by molar-refractivity contribution is -0.119. The zero-order valence-corrected chi connectivity index (χ0v) is 19.2. The Morgan fingerprint density at radius 3 is 2.73 bits per heavy atom. The maximum Gasteiger partial charge on any atom is 0.230 e. The molecule has 1 amide bonds. The number of ether oxygens (including phenoxy) is 1. The zero-order chi connectivity index (χ0) is 21.5. The molecule has 0 aliphatic carbocycles. The molecule has 1 aromatic carbocycles. The molecule has 1 aromatic heterocycles. The zero-order valence-electron chi connectivity index (χ0n) is 18.4. The second-order valence-corrected chi connectivity index (χ2v) is 8.85. The van der Waals surface area contributed by atoms with Crippen LogP contribution in [0.1, 0.15) is 40.2 Å². The first-order valence-corrected chi connectivity index (χ1v) is 11.7. The normalized spacial score (nSPS) is 19.4. The van der Waals surface area contributed by atoms with Crippen molar-refractivity contribution in [2.45, 2.75) is 57.4 Å². The molecule has 1 aliphatic heterocycles. The third-order valence-corrected chi connectivity index (χ3v) is 6.58. The molecule has 1 aliphatic rings. The Morgan fingerprint density at radius 1 is 1.27 bits per heavy atom. The van der Waals surface area contributed by atoms with Crippen LogP contribution in [0.15, 0.2) is 35.5 Å². The highest BCUT2D eigenvalue weighted by molar-refractivity contribution is 7.99. The largest absolute Gasteiger partial charge is 0.379 e. The number of nitrogens with zero attached hydrogens (tertiary/aromatic N) is 4. The number of thioether (sulfide) groups is 1. The van der Waals surface area contributed by atoms with Gasteiger partial charge in [-0.25, -0.2) is 0 Å². The minimum atomic E-state index is 0.0210. The van der Waals surface area contributed by atoms with Crippen LogP contribution in [0.25, 0.3) is 11.4 Å². The second-order valence-electron chi connectivity index (χ2n) is 7.90. The van der Waals surface area contributed by atoms with Gasteiger partial charge in [-0.05, 0) is 27.2 Å². The Balaban J connectivity index is 1.58. The predicted molar refractivity (Wildman–Crippen MR) is 121 cm³/mol. The molecule has 2 heterocycles. The van der Waals surface area contributed by atoms with E-state index < -0.39 is 0 Å². The van der Waals surface area contributed by atoms with E-state index in [1.807, 2.05) is 30.3 Å². The van der Waals surface area contributed by atoms with E-state index in [4.69, 9.17) is 4.74 Å². The van der Waals surface area contributed by atoms with E-state index in [2.05, 4.69) is 52.7 Å². The molecule has 3 atom stereocenters. The summed E-state index contributed by atoms with van der Waals surface area (Å²) in [4.78, 5) is 14.9. The number of carbonyl (C=O) groups is 1. The first-order chi connectivity index (χ1) is 14.5. The number of hydrogen-bond acceptors (Lipinski definition) is 6. The van der Waals surface area contributed by atoms with E-state index in [1.54, 1.807) is 0 Å². The van der Waals surface area contributed by atoms with Crippen LogP contribution >= 0.6 is 11.8 Å². The van der Waals surface area contributed by atoms with Gasteiger partial charge >= 0.3 is 0 Å². The molecule has 0 bridgehead atoms. The number of aromatic nitrogens is 3. The van der Waals surface area contributed by atoms with Crippen molar-refractivity contribution in [3.8, 4) is 11.4 Å². The summed E-state index contributed by atoms with van der Waals surface area (Å²) < 4.78 is 7.65. The summed E-state index contributed by atoms with van der Waals surface area (Å²) in [5.41, 5.74) is 1.04. The fraction of sp³-hybridized carbons (Fsp3) is 0.591. The maximum absolute atomic E-state index is 12.5. The average Bonchev–Trinajstić information content (AvgIpc) is 3.20. The summed E-state index contributed by atoms with van der Waals surface area (Å²) in [5, 5.41) is 12.7. The van der Waals surface area contributed by atoms with Gasteiger partial charge in [0, 0.05) is 36.8 Å². The van der Waals surface area contributed by atoms with Gasteiger partial charge in [0.05, 0.1) is 19.0 Å². The van der Waals surface area contributed by atoms with Crippen LogP contribution in [0.2, 0.25) is 0 Å². The third-order valence-electron chi connectivity index (χ3n) is 5.64. The van der Waals surface area contributed by atoms with Crippen molar-refractivity contribution >= 4 is 17.7 Å². The van der Waals surface area contributed by atoms with E-state index in [-0.39, 0.29) is 18.0 Å². The standard InChI is InChI=1S/C22H33N5O2S/c1-5-16(2)27-21(19-9-7-6-8-10-19)24-25-22(27)30-15-20(28)23-13-17(3)26-11-12-29-14-18(26)4/h6-10,16-18H,5,11-15H2,1-4H3,(H,23,28). The molecule has 1 N–H and O–H groups in total. The van der Waals surface area contributed by atoms with E-state index >= 15 is 0 Å². The smallest absolute Gasteiger partial charge is 0.230 e. The van der Waals surface area contributed by atoms with Gasteiger partial charge in [0.1, 0.15) is 0 Å². The quantitative estimate of drug-likeness (QED) is 0.615. The van der Waals surface area contributed by atoms with Gasteiger partial charge in [-0.2, -0.15) is 0 Å². The van der Waals surface area contributed by atoms with Crippen molar-refractivity contribution in [1.82, 2.24) is 25.0 Å². The molecule has 1 saturated heterocycles. The Kier molecular flexibility index (Phi) is 8.30. The topological polar surface area (TPSA) is 72.3 Å². The molecule has 164 valence electrons. The summed E-state index contributed by atoms with van der Waals surface area (Å²) in [6, 6.07) is 11.0. The summed E-state index contributed by atoms with van der Waals surface area (Å²) in [7, 11) is 0. The fourth-order valence-corrected chi connectivity index (χ4v) is 4.56. The molecule has 0 radical (unpaired) electrons. The van der Waals surface area contributed by atoms with Crippen molar-refractivity contribution in [3.63, 3.8) is 0 Å². The van der Waals surface area contributed by atoms with Crippen molar-refractivity contribution in [1.29, 1.82) is 0 Å². The van der Waals surface area contributed by atoms with Gasteiger partial charge in [-0.15, -0.1) is 10.2 Å². The third kappa shape index (κ3) is 5.62. The van der Waals surface area contributed by atoms with Crippen LogP contribution in [-0.4, -0.2) is 69.7 Å². The minimum Gasteiger partial charge on any atom is -0.379 e. The highest BCUT2D eigenvalue weighted by Gasteiger charge is 2.24. The van der Waals surface area contributed by atoms with Gasteiger partial charge in [-0.3, -0.25) is 14.3 Å². The minimum absolute atomic E-state index is 0.0210. The molecule has 7 nitrogen and oxygen atoms in total. The van der Waals surface area contributed by atoms with E-state index in [9.17, 15) is 4.79 Å². The van der Waals surface area contributed by atoms with Crippen LogP contribution in [0.5, 0.6) is 0 Å². The van der Waals surface area contributed by atoms with E-state index in [0.29, 0.717) is 18.3 Å². The summed E-state index contributed by atoms with van der Waals surface area (Å²) in [6.07, 6.45) is 0.965. The van der Waals surface area contributed by atoms with Crippen molar-refractivity contribution in [2.75, 3.05) is 32.1 Å². The van der Waals surface area contributed by atoms with Crippen molar-refractivity contribution in [3.05, 3.63) is 30.3 Å². The summed E-state index contributed by atoms with van der Waals surface area (Å²) >= 11 is 1.45. The van der Waals surface area contributed by atoms with Crippen LogP contribution < -0.4 is 5.32 Å². The first kappa shape index (κ1) is 22.8. The number of morpholine rings is 1. The Labute approximate surface area is 183 Å². The van der Waals surface area contributed by atoms with E-state index in [0.717, 1.165) is 42.7 Å². The number of carbonyl (C=O) groups excluding carboxylic acids is 1. The Bertz CT molecular complexity index is 813. The molecule has 1 fully saturated rings. The average molecular weight is 432 g/mol. The summed E-state index contributed by atoms with van der Waals surface area (Å²) in [5.74, 6) is 1.20. The first-order valence-electron chi connectivity index (χ1n) is 10.7. The van der Waals surface area contributed by atoms with Crippen LogP contribution in [0.4, 0.5) is 0 Å². The molecule has 3 rings (SSSR count). The van der Waals surface area contributed by atoms with Gasteiger partial charge < -0.3 is 10.1 Å². The maximum atomic E-state index is 12.5. The van der Waals surface area contributed by atoms with E-state index in [1.165, 1.54) is 11.8 Å². The number of nitrogens with one attached hydrogen (secondary N) is 1. The predicted octanol–water partition coefficient (Wildman–Crippen LogP) is 3.23. The Morgan fingerprint density at radius 2 is 2.03 bits per heavy atom. The summed E-state index contributed by atoms with van der Waals surface area (Å²) in [6.45, 7) is 11.7. The van der Waals surface area contributed by atoms with Gasteiger partial charge in [-0.1, -0.05) is 49.0 Å². The molecular weight excluding hydrogens is 398 g/mol. The van der Waals surface area contributed by atoms with Crippen LogP contribution in [-0.2, 0) is 9.53 Å². The number of benzene rings is 1.